The van der Waals surface area contributed by atoms with Gasteiger partial charge in [-0.15, -0.1) is 5.10 Å². The van der Waals surface area contributed by atoms with E-state index in [4.69, 9.17) is 5.73 Å². The predicted molar refractivity (Wildman–Crippen MR) is 65.4 cm³/mol. The summed E-state index contributed by atoms with van der Waals surface area (Å²) in [5, 5.41) is 6.32. The minimum absolute atomic E-state index is 0.0290. The van der Waals surface area contributed by atoms with Gasteiger partial charge in [-0.05, 0) is 6.42 Å². The minimum Gasteiger partial charge on any atom is -0.367 e. The van der Waals surface area contributed by atoms with Crippen molar-refractivity contribution in [1.82, 2.24) is 25.0 Å². The minimum atomic E-state index is -0.199. The van der Waals surface area contributed by atoms with Gasteiger partial charge in [-0.2, -0.15) is 0 Å². The summed E-state index contributed by atoms with van der Waals surface area (Å²) in [6.07, 6.45) is 2.17. The molecule has 8 heteroatoms. The van der Waals surface area contributed by atoms with Crippen LogP contribution in [0.1, 0.15) is 13.3 Å². The maximum atomic E-state index is 12.0. The van der Waals surface area contributed by atoms with Gasteiger partial charge in [0, 0.05) is 13.6 Å². The Labute approximate surface area is 105 Å². The Balaban J connectivity index is 2.61. The monoisotopic (exact) mass is 254 g/mol. The Morgan fingerprint density at radius 2 is 2.28 bits per heavy atom. The molecule has 2 amide bonds. The molecule has 0 aromatic carbocycles. The van der Waals surface area contributed by atoms with Crippen molar-refractivity contribution < 1.29 is 9.59 Å². The Morgan fingerprint density at radius 3 is 2.78 bits per heavy atom. The molecule has 0 saturated heterocycles. The third-order valence-corrected chi connectivity index (χ3v) is 2.31. The molecule has 100 valence electrons. The SMILES string of the molecule is CCCN(CC(=O)NC)C(=O)Cn1cnc(N)n1. The zero-order valence-corrected chi connectivity index (χ0v) is 10.6. The molecule has 0 spiro atoms. The number of amides is 2. The van der Waals surface area contributed by atoms with Crippen molar-refractivity contribution in [2.45, 2.75) is 19.9 Å². The van der Waals surface area contributed by atoms with Gasteiger partial charge in [0.15, 0.2) is 0 Å². The van der Waals surface area contributed by atoms with Gasteiger partial charge in [0.1, 0.15) is 12.9 Å². The van der Waals surface area contributed by atoms with E-state index in [-0.39, 0.29) is 30.9 Å². The maximum Gasteiger partial charge on any atom is 0.244 e. The first kappa shape index (κ1) is 13.9. The lowest BCUT2D eigenvalue weighted by molar-refractivity contribution is -0.136. The smallest absolute Gasteiger partial charge is 0.244 e. The van der Waals surface area contributed by atoms with Crippen molar-refractivity contribution in [2.24, 2.45) is 0 Å². The number of hydrogen-bond donors (Lipinski definition) is 2. The van der Waals surface area contributed by atoms with E-state index in [1.807, 2.05) is 6.92 Å². The average Bonchev–Trinajstić information content (AvgIpc) is 2.73. The molecular formula is C10H18N6O2. The van der Waals surface area contributed by atoms with Crippen molar-refractivity contribution in [3.8, 4) is 0 Å². The highest BCUT2D eigenvalue weighted by Crippen LogP contribution is 1.97. The van der Waals surface area contributed by atoms with Crippen molar-refractivity contribution in [3.63, 3.8) is 0 Å². The highest BCUT2D eigenvalue weighted by molar-refractivity contribution is 5.84. The average molecular weight is 254 g/mol. The van der Waals surface area contributed by atoms with E-state index in [0.717, 1.165) is 6.42 Å². The van der Waals surface area contributed by atoms with E-state index >= 15 is 0 Å². The summed E-state index contributed by atoms with van der Waals surface area (Å²) in [5.41, 5.74) is 5.36. The van der Waals surface area contributed by atoms with E-state index in [0.29, 0.717) is 6.54 Å². The first-order valence-corrected chi connectivity index (χ1v) is 5.70. The predicted octanol–water partition coefficient (Wildman–Crippen LogP) is -1.16. The molecule has 0 radical (unpaired) electrons. The normalized spacial score (nSPS) is 10.1. The van der Waals surface area contributed by atoms with Crippen LogP contribution in [-0.2, 0) is 16.1 Å². The van der Waals surface area contributed by atoms with Crippen LogP contribution in [0.15, 0.2) is 6.33 Å². The Morgan fingerprint density at radius 1 is 1.56 bits per heavy atom. The van der Waals surface area contributed by atoms with Crippen molar-refractivity contribution in [3.05, 3.63) is 6.33 Å². The Hall–Kier alpha value is -2.12. The van der Waals surface area contributed by atoms with Crippen LogP contribution in [0.3, 0.4) is 0 Å². The quantitative estimate of drug-likeness (QED) is 0.666. The summed E-state index contributed by atoms with van der Waals surface area (Å²) in [6, 6.07) is 0. The number of hydrogen-bond acceptors (Lipinski definition) is 5. The first-order valence-electron chi connectivity index (χ1n) is 5.70. The molecule has 0 unspecified atom stereocenters. The zero-order chi connectivity index (χ0) is 13.5. The van der Waals surface area contributed by atoms with Crippen LogP contribution >= 0.6 is 0 Å². The summed E-state index contributed by atoms with van der Waals surface area (Å²) >= 11 is 0. The lowest BCUT2D eigenvalue weighted by atomic mass is 10.3. The molecule has 1 rings (SSSR count). The largest absolute Gasteiger partial charge is 0.367 e. The number of carbonyl (C=O) groups is 2. The molecule has 0 bridgehead atoms. The topological polar surface area (TPSA) is 106 Å². The van der Waals surface area contributed by atoms with Gasteiger partial charge in [0.2, 0.25) is 17.8 Å². The first-order chi connectivity index (χ1) is 8.56. The number of aromatic nitrogens is 3. The van der Waals surface area contributed by atoms with Gasteiger partial charge < -0.3 is 16.0 Å². The van der Waals surface area contributed by atoms with Crippen LogP contribution in [0.5, 0.6) is 0 Å². The second-order valence-corrected chi connectivity index (χ2v) is 3.79. The van der Waals surface area contributed by atoms with Crippen LogP contribution in [0, 0.1) is 0 Å². The number of anilines is 1. The Bertz CT molecular complexity index is 416. The van der Waals surface area contributed by atoms with E-state index in [1.54, 1.807) is 0 Å². The molecule has 1 heterocycles. The third kappa shape index (κ3) is 4.04. The summed E-state index contributed by atoms with van der Waals surface area (Å²) in [7, 11) is 1.54. The highest BCUT2D eigenvalue weighted by Gasteiger charge is 2.16. The van der Waals surface area contributed by atoms with Gasteiger partial charge in [-0.25, -0.2) is 9.67 Å². The second kappa shape index (κ2) is 6.58. The molecule has 0 fully saturated rings. The summed E-state index contributed by atoms with van der Waals surface area (Å²) in [5.74, 6) is -0.267. The van der Waals surface area contributed by atoms with Crippen LogP contribution in [0.4, 0.5) is 5.95 Å². The van der Waals surface area contributed by atoms with Crippen molar-refractivity contribution in [1.29, 1.82) is 0 Å². The molecule has 0 saturated carbocycles. The summed E-state index contributed by atoms with van der Waals surface area (Å²) in [4.78, 5) is 28.5. The second-order valence-electron chi connectivity index (χ2n) is 3.79. The molecule has 1 aromatic heterocycles. The molecule has 0 aliphatic carbocycles. The van der Waals surface area contributed by atoms with Gasteiger partial charge in [-0.1, -0.05) is 6.92 Å². The highest BCUT2D eigenvalue weighted by atomic mass is 16.2. The number of likely N-dealkylation sites (N-methyl/N-ethyl adjacent to an activating group) is 1. The number of nitrogen functional groups attached to an aromatic ring is 1. The van der Waals surface area contributed by atoms with Crippen LogP contribution in [0.25, 0.3) is 0 Å². The molecule has 8 nitrogen and oxygen atoms in total. The fourth-order valence-electron chi connectivity index (χ4n) is 1.44. The molecule has 0 aliphatic rings. The third-order valence-electron chi connectivity index (χ3n) is 2.31. The number of nitrogens with one attached hydrogen (secondary N) is 1. The van der Waals surface area contributed by atoms with Crippen molar-refractivity contribution >= 4 is 17.8 Å². The lowest BCUT2D eigenvalue weighted by Crippen LogP contribution is -2.41. The number of carbonyl (C=O) groups excluding carboxylic acids is 2. The van der Waals surface area contributed by atoms with Crippen LogP contribution in [0.2, 0.25) is 0 Å². The van der Waals surface area contributed by atoms with E-state index in [9.17, 15) is 9.59 Å². The fourth-order valence-corrected chi connectivity index (χ4v) is 1.44. The summed E-state index contributed by atoms with van der Waals surface area (Å²) in [6.45, 7) is 2.54. The molecule has 3 N–H and O–H groups in total. The van der Waals surface area contributed by atoms with Gasteiger partial charge in [0.05, 0.1) is 6.54 Å². The standard InChI is InChI=1S/C10H18N6O2/c1-3-4-15(5-8(17)12-2)9(18)6-16-7-13-10(11)14-16/h7H,3-6H2,1-2H3,(H2,11,14)(H,12,17). The molecule has 1 aromatic rings. The van der Waals surface area contributed by atoms with Crippen LogP contribution in [-0.4, -0.2) is 51.6 Å². The number of nitrogens with zero attached hydrogens (tertiary/aromatic N) is 4. The lowest BCUT2D eigenvalue weighted by Gasteiger charge is -2.20. The van der Waals surface area contributed by atoms with Gasteiger partial charge in [-0.3, -0.25) is 9.59 Å². The molecule has 0 aliphatic heterocycles. The van der Waals surface area contributed by atoms with E-state index in [1.165, 1.54) is 23.0 Å². The van der Waals surface area contributed by atoms with E-state index in [2.05, 4.69) is 15.4 Å². The molecule has 18 heavy (non-hydrogen) atoms. The summed E-state index contributed by atoms with van der Waals surface area (Å²) < 4.78 is 1.35. The number of nitrogens with two attached hydrogens (primary N) is 1. The fraction of sp³-hybridized carbons (Fsp3) is 0.600. The van der Waals surface area contributed by atoms with Crippen LogP contribution < -0.4 is 11.1 Å². The molecular weight excluding hydrogens is 236 g/mol. The van der Waals surface area contributed by atoms with Gasteiger partial charge >= 0.3 is 0 Å². The van der Waals surface area contributed by atoms with E-state index < -0.39 is 0 Å². The number of rotatable bonds is 6. The maximum absolute atomic E-state index is 12.0. The Kier molecular flexibility index (Phi) is 5.09. The molecule has 0 atom stereocenters. The van der Waals surface area contributed by atoms with Gasteiger partial charge in [0.25, 0.3) is 0 Å². The van der Waals surface area contributed by atoms with Crippen molar-refractivity contribution in [2.75, 3.05) is 25.9 Å². The zero-order valence-electron chi connectivity index (χ0n) is 10.6.